The van der Waals surface area contributed by atoms with E-state index in [0.29, 0.717) is 5.82 Å². The van der Waals surface area contributed by atoms with Gasteiger partial charge in [0.2, 0.25) is 0 Å². The average molecular weight is 200 g/mol. The fourth-order valence-corrected chi connectivity index (χ4v) is 1.76. The largest absolute Gasteiger partial charge is 0.396 e. The maximum atomic E-state index is 9.55. The number of rotatable bonds is 1. The number of hydrogen-bond acceptors (Lipinski definition) is 5. The van der Waals surface area contributed by atoms with E-state index in [2.05, 4.69) is 4.98 Å². The highest BCUT2D eigenvalue weighted by atomic mass is 16.4. The van der Waals surface area contributed by atoms with Crippen LogP contribution in [0.2, 0.25) is 0 Å². The van der Waals surface area contributed by atoms with E-state index in [-0.39, 0.29) is 6.61 Å². The lowest BCUT2D eigenvalue weighted by Gasteiger charge is -2.35. The molecule has 0 spiro atoms. The molecule has 0 radical (unpaired) electrons. The summed E-state index contributed by atoms with van der Waals surface area (Å²) in [4.78, 5) is 3.92. The summed E-state index contributed by atoms with van der Waals surface area (Å²) >= 11 is 0. The van der Waals surface area contributed by atoms with Gasteiger partial charge >= 0.3 is 0 Å². The second-order valence-electron chi connectivity index (χ2n) is 3.38. The molecule has 0 saturated carbocycles. The molecule has 78 valence electrons. The summed E-state index contributed by atoms with van der Waals surface area (Å²) in [6.07, 6.45) is -0.743. The second kappa shape index (κ2) is 3.32. The molecule has 2 rings (SSSR count). The van der Waals surface area contributed by atoms with Crippen LogP contribution in [-0.4, -0.2) is 48.8 Å². The van der Waals surface area contributed by atoms with Gasteiger partial charge in [0.15, 0.2) is 6.23 Å². The SMILES string of the molecule is OC[C@H]1c2nccn2[C@@H](O)[C@@H](O)[C@H]1O. The Labute approximate surface area is 80.1 Å². The van der Waals surface area contributed by atoms with Crippen molar-refractivity contribution in [3.05, 3.63) is 18.2 Å². The topological polar surface area (TPSA) is 98.7 Å². The van der Waals surface area contributed by atoms with Crippen LogP contribution in [0.1, 0.15) is 18.0 Å². The molecule has 14 heavy (non-hydrogen) atoms. The summed E-state index contributed by atoms with van der Waals surface area (Å²) in [5.41, 5.74) is 0. The van der Waals surface area contributed by atoms with Gasteiger partial charge in [-0.05, 0) is 0 Å². The van der Waals surface area contributed by atoms with Gasteiger partial charge in [0, 0.05) is 12.4 Å². The van der Waals surface area contributed by atoms with E-state index in [4.69, 9.17) is 5.11 Å². The number of aliphatic hydroxyl groups is 4. The predicted octanol–water partition coefficient (Wildman–Crippen LogP) is -1.81. The van der Waals surface area contributed by atoms with Gasteiger partial charge in [-0.2, -0.15) is 0 Å². The maximum Gasteiger partial charge on any atom is 0.160 e. The van der Waals surface area contributed by atoms with Crippen LogP contribution < -0.4 is 0 Å². The minimum Gasteiger partial charge on any atom is -0.396 e. The van der Waals surface area contributed by atoms with Gasteiger partial charge in [-0.3, -0.25) is 0 Å². The van der Waals surface area contributed by atoms with E-state index >= 15 is 0 Å². The van der Waals surface area contributed by atoms with E-state index in [0.717, 1.165) is 0 Å². The molecule has 0 unspecified atom stereocenters. The summed E-state index contributed by atoms with van der Waals surface area (Å²) in [7, 11) is 0. The first-order valence-corrected chi connectivity index (χ1v) is 4.34. The lowest BCUT2D eigenvalue weighted by Crippen LogP contribution is -2.46. The van der Waals surface area contributed by atoms with Crippen molar-refractivity contribution in [2.24, 2.45) is 0 Å². The van der Waals surface area contributed by atoms with Crippen molar-refractivity contribution in [1.82, 2.24) is 9.55 Å². The minimum absolute atomic E-state index is 0.317. The standard InChI is InChI=1S/C8H12N2O4/c11-3-4-5(12)6(13)8(14)10-2-1-9-7(4)10/h1-2,4-6,8,11-14H,3H2/t4-,5+,6+,8+/m1/s1. The van der Waals surface area contributed by atoms with Crippen molar-refractivity contribution in [3.63, 3.8) is 0 Å². The minimum atomic E-state index is -1.30. The number of hydrogen-bond donors (Lipinski definition) is 4. The molecule has 6 heteroatoms. The van der Waals surface area contributed by atoms with Crippen molar-refractivity contribution in [2.75, 3.05) is 6.61 Å². The third-order valence-corrected chi connectivity index (χ3v) is 2.58. The Kier molecular flexibility index (Phi) is 2.28. The molecule has 1 aliphatic rings. The van der Waals surface area contributed by atoms with Crippen molar-refractivity contribution in [1.29, 1.82) is 0 Å². The Hall–Kier alpha value is -0.950. The molecule has 0 saturated heterocycles. The lowest BCUT2D eigenvalue weighted by molar-refractivity contribution is -0.122. The molecule has 0 aliphatic carbocycles. The third kappa shape index (κ3) is 1.16. The maximum absolute atomic E-state index is 9.55. The van der Waals surface area contributed by atoms with E-state index in [1.165, 1.54) is 17.0 Å². The zero-order valence-corrected chi connectivity index (χ0v) is 7.35. The Bertz CT molecular complexity index is 327. The van der Waals surface area contributed by atoms with Crippen LogP contribution in [-0.2, 0) is 0 Å². The summed E-state index contributed by atoms with van der Waals surface area (Å²) in [6.45, 7) is -0.317. The van der Waals surface area contributed by atoms with Crippen LogP contribution in [0.5, 0.6) is 0 Å². The molecule has 2 heterocycles. The second-order valence-corrected chi connectivity index (χ2v) is 3.38. The number of imidazole rings is 1. The molecule has 1 aromatic rings. The summed E-state index contributed by atoms with van der Waals surface area (Å²) in [5, 5.41) is 37.6. The van der Waals surface area contributed by atoms with Crippen LogP contribution in [0.25, 0.3) is 0 Å². The van der Waals surface area contributed by atoms with Crippen molar-refractivity contribution in [3.8, 4) is 0 Å². The van der Waals surface area contributed by atoms with Crippen LogP contribution in [0.3, 0.4) is 0 Å². The summed E-state index contributed by atoms with van der Waals surface area (Å²) in [6, 6.07) is 0. The first-order valence-electron chi connectivity index (χ1n) is 4.34. The van der Waals surface area contributed by atoms with Gasteiger partial charge < -0.3 is 25.0 Å². The van der Waals surface area contributed by atoms with E-state index in [1.807, 2.05) is 0 Å². The molecule has 0 bridgehead atoms. The van der Waals surface area contributed by atoms with Crippen LogP contribution in [0.15, 0.2) is 12.4 Å². The molecule has 0 fully saturated rings. The van der Waals surface area contributed by atoms with Gasteiger partial charge in [-0.15, -0.1) is 0 Å². The van der Waals surface area contributed by atoms with Gasteiger partial charge in [0.25, 0.3) is 0 Å². The highest BCUT2D eigenvalue weighted by molar-refractivity contribution is 5.10. The van der Waals surface area contributed by atoms with E-state index in [9.17, 15) is 15.3 Å². The Morgan fingerprint density at radius 1 is 1.29 bits per heavy atom. The molecular formula is C8H12N2O4. The molecule has 0 aromatic carbocycles. The number of nitrogens with zero attached hydrogens (tertiary/aromatic N) is 2. The first-order chi connectivity index (χ1) is 6.66. The normalized spacial score (nSPS) is 36.9. The van der Waals surface area contributed by atoms with Crippen molar-refractivity contribution in [2.45, 2.75) is 24.4 Å². The quantitative estimate of drug-likeness (QED) is 0.428. The first kappa shape index (κ1) is 9.60. The summed E-state index contributed by atoms with van der Waals surface area (Å²) in [5.74, 6) is -0.263. The van der Waals surface area contributed by atoms with Crippen molar-refractivity contribution >= 4 is 0 Å². The van der Waals surface area contributed by atoms with Crippen LogP contribution in [0.4, 0.5) is 0 Å². The monoisotopic (exact) mass is 200 g/mol. The third-order valence-electron chi connectivity index (χ3n) is 2.58. The predicted molar refractivity (Wildman–Crippen MR) is 45.3 cm³/mol. The Morgan fingerprint density at radius 2 is 2.00 bits per heavy atom. The van der Waals surface area contributed by atoms with Crippen LogP contribution >= 0.6 is 0 Å². The smallest absolute Gasteiger partial charge is 0.160 e. The lowest BCUT2D eigenvalue weighted by atomic mass is 9.93. The van der Waals surface area contributed by atoms with Gasteiger partial charge in [-0.1, -0.05) is 0 Å². The number of aromatic nitrogens is 2. The van der Waals surface area contributed by atoms with Gasteiger partial charge in [0.1, 0.15) is 11.9 Å². The van der Waals surface area contributed by atoms with E-state index < -0.39 is 24.4 Å². The summed E-state index contributed by atoms with van der Waals surface area (Å²) < 4.78 is 1.35. The molecule has 1 aliphatic heterocycles. The molecular weight excluding hydrogens is 188 g/mol. The highest BCUT2D eigenvalue weighted by Crippen LogP contribution is 2.31. The number of aliphatic hydroxyl groups excluding tert-OH is 4. The van der Waals surface area contributed by atoms with Crippen molar-refractivity contribution < 1.29 is 20.4 Å². The van der Waals surface area contributed by atoms with E-state index in [1.54, 1.807) is 0 Å². The molecule has 4 N–H and O–H groups in total. The van der Waals surface area contributed by atoms with Gasteiger partial charge in [-0.25, -0.2) is 4.98 Å². The highest BCUT2D eigenvalue weighted by Gasteiger charge is 2.40. The van der Waals surface area contributed by atoms with Crippen LogP contribution in [0, 0.1) is 0 Å². The zero-order valence-electron chi connectivity index (χ0n) is 7.35. The molecule has 6 nitrogen and oxygen atoms in total. The number of fused-ring (bicyclic) bond motifs is 1. The average Bonchev–Trinajstić information content (AvgIpc) is 2.64. The fourth-order valence-electron chi connectivity index (χ4n) is 1.76. The van der Waals surface area contributed by atoms with Gasteiger partial charge in [0.05, 0.1) is 18.6 Å². The molecule has 4 atom stereocenters. The fraction of sp³-hybridized carbons (Fsp3) is 0.625. The molecule has 0 amide bonds. The zero-order chi connectivity index (χ0) is 10.3. The Morgan fingerprint density at radius 3 is 2.64 bits per heavy atom. The Balaban J connectivity index is 2.44. The molecule has 1 aromatic heterocycles.